The minimum atomic E-state index is -5.08. The van der Waals surface area contributed by atoms with Gasteiger partial charge >= 0.3 is 12.1 Å². The Morgan fingerprint density at radius 1 is 1.21 bits per heavy atom. The second kappa shape index (κ2) is 8.51. The Kier molecular flexibility index (Phi) is 6.16. The third-order valence-corrected chi connectivity index (χ3v) is 8.95. The van der Waals surface area contributed by atoms with Crippen molar-refractivity contribution in [3.05, 3.63) is 30.1 Å². The summed E-state index contributed by atoms with van der Waals surface area (Å²) < 4.78 is 65.7. The molecule has 4 aliphatic rings. The molecule has 3 atom stereocenters. The summed E-state index contributed by atoms with van der Waals surface area (Å²) in [6.45, 7) is 1.59. The van der Waals surface area contributed by atoms with Gasteiger partial charge in [0, 0.05) is 37.9 Å². The maximum Gasteiger partial charge on any atom is 0.490 e. The molecule has 1 aliphatic carbocycles. The Morgan fingerprint density at radius 2 is 1.85 bits per heavy atom. The van der Waals surface area contributed by atoms with E-state index in [9.17, 15) is 26.4 Å². The Morgan fingerprint density at radius 3 is 2.39 bits per heavy atom. The van der Waals surface area contributed by atoms with Crippen LogP contribution in [0, 0.1) is 5.92 Å². The predicted octanol–water partition coefficient (Wildman–Crippen LogP) is 1.40. The highest BCUT2D eigenvalue weighted by molar-refractivity contribution is 7.90. The van der Waals surface area contributed by atoms with Gasteiger partial charge in [0.15, 0.2) is 0 Å². The number of halogens is 3. The molecular formula is C20H24F3N3O6S. The summed E-state index contributed by atoms with van der Waals surface area (Å²) in [6, 6.07) is 3.66. The number of carboxylic acid groups (broad SMARTS) is 1. The summed E-state index contributed by atoms with van der Waals surface area (Å²) in [5, 5.41) is 6.58. The Balaban J connectivity index is 0.000000325. The molecule has 3 saturated heterocycles. The van der Waals surface area contributed by atoms with Crippen molar-refractivity contribution < 1.29 is 41.0 Å². The minimum Gasteiger partial charge on any atom is -0.475 e. The molecule has 0 radical (unpaired) electrons. The van der Waals surface area contributed by atoms with Crippen LogP contribution in [0.15, 0.2) is 24.5 Å². The SMILES string of the molecule is O=C(C1CCC1)N1C[C@H]2C[C@H]3[C@](C1)(CN(Cc1ccncc1)S3(=O)=O)O2.O=C(O)C(F)(F)F. The van der Waals surface area contributed by atoms with E-state index in [4.69, 9.17) is 14.6 Å². The van der Waals surface area contributed by atoms with Gasteiger partial charge in [-0.1, -0.05) is 6.42 Å². The van der Waals surface area contributed by atoms with Crippen molar-refractivity contribution in [2.45, 2.75) is 55.4 Å². The molecule has 3 aliphatic heterocycles. The fourth-order valence-electron chi connectivity index (χ4n) is 4.86. The van der Waals surface area contributed by atoms with Crippen molar-refractivity contribution >= 4 is 21.9 Å². The molecule has 33 heavy (non-hydrogen) atoms. The lowest BCUT2D eigenvalue weighted by Gasteiger charge is -2.42. The smallest absolute Gasteiger partial charge is 0.475 e. The minimum absolute atomic E-state index is 0.133. The van der Waals surface area contributed by atoms with E-state index in [0.29, 0.717) is 32.6 Å². The third-order valence-electron chi connectivity index (χ3n) is 6.63. The molecular weight excluding hydrogens is 467 g/mol. The molecule has 1 N–H and O–H groups in total. The molecule has 182 valence electrons. The molecule has 4 heterocycles. The molecule has 1 amide bonds. The molecule has 0 aromatic carbocycles. The fourth-order valence-corrected chi connectivity index (χ4v) is 7.16. The maximum absolute atomic E-state index is 13.1. The number of carboxylic acids is 1. The number of hydrogen-bond acceptors (Lipinski definition) is 6. The van der Waals surface area contributed by atoms with E-state index >= 15 is 0 Å². The molecule has 1 aromatic rings. The number of hydrogen-bond donors (Lipinski definition) is 1. The zero-order valence-electron chi connectivity index (χ0n) is 17.6. The number of alkyl halides is 3. The predicted molar refractivity (Wildman–Crippen MR) is 107 cm³/mol. The van der Waals surface area contributed by atoms with E-state index in [2.05, 4.69) is 4.98 Å². The van der Waals surface area contributed by atoms with Crippen molar-refractivity contribution in [1.29, 1.82) is 0 Å². The quantitative estimate of drug-likeness (QED) is 0.679. The van der Waals surface area contributed by atoms with Crippen LogP contribution in [0.5, 0.6) is 0 Å². The van der Waals surface area contributed by atoms with Crippen molar-refractivity contribution in [1.82, 2.24) is 14.2 Å². The van der Waals surface area contributed by atoms with Gasteiger partial charge in [0.25, 0.3) is 0 Å². The number of aliphatic carboxylic acids is 1. The van der Waals surface area contributed by atoms with E-state index < -0.39 is 33.0 Å². The largest absolute Gasteiger partial charge is 0.490 e. The van der Waals surface area contributed by atoms with Crippen molar-refractivity contribution in [2.75, 3.05) is 19.6 Å². The topological polar surface area (TPSA) is 117 Å². The number of amides is 1. The average molecular weight is 491 g/mol. The van der Waals surface area contributed by atoms with Gasteiger partial charge in [0.1, 0.15) is 10.9 Å². The fraction of sp³-hybridized carbons (Fsp3) is 0.650. The number of sulfonamides is 1. The van der Waals surface area contributed by atoms with Gasteiger partial charge in [-0.15, -0.1) is 0 Å². The Bertz CT molecular complexity index is 1020. The number of carbonyl (C=O) groups is 2. The van der Waals surface area contributed by atoms with Crippen LogP contribution in [-0.2, 0) is 30.9 Å². The van der Waals surface area contributed by atoms with Gasteiger partial charge in [0.05, 0.1) is 12.6 Å². The molecule has 4 fully saturated rings. The van der Waals surface area contributed by atoms with E-state index in [1.54, 1.807) is 12.4 Å². The molecule has 1 saturated carbocycles. The Labute approximate surface area is 188 Å². The van der Waals surface area contributed by atoms with Gasteiger partial charge in [-0.05, 0) is 37.0 Å². The lowest BCUT2D eigenvalue weighted by atomic mass is 9.84. The van der Waals surface area contributed by atoms with Gasteiger partial charge in [-0.2, -0.15) is 17.5 Å². The summed E-state index contributed by atoms with van der Waals surface area (Å²) >= 11 is 0. The monoisotopic (exact) mass is 491 g/mol. The number of likely N-dealkylation sites (tertiary alicyclic amines) is 1. The molecule has 9 nitrogen and oxygen atoms in total. The molecule has 2 bridgehead atoms. The molecule has 1 aromatic heterocycles. The standard InChI is InChI=1S/C18H23N3O4S.C2HF3O2/c22-17(14-2-1-3-14)20-10-15-8-16-18(11-20,25-15)12-21(26(16,23)24)9-13-4-6-19-7-5-13;3-2(4,5)1(6)7/h4-7,14-16H,1-3,8-12H2;(H,6,7)/t15-,16+,18+;/m1./s1. The van der Waals surface area contributed by atoms with Gasteiger partial charge < -0.3 is 14.7 Å². The first-order chi connectivity index (χ1) is 15.4. The normalized spacial score (nSPS) is 30.7. The Hall–Kier alpha value is -2.25. The van der Waals surface area contributed by atoms with E-state index in [0.717, 1.165) is 24.8 Å². The third kappa shape index (κ3) is 4.58. The summed E-state index contributed by atoms with van der Waals surface area (Å²) in [5.41, 5.74) is 0.142. The van der Waals surface area contributed by atoms with Crippen molar-refractivity contribution in [2.24, 2.45) is 5.92 Å². The number of carbonyl (C=O) groups excluding carboxylic acids is 1. The van der Waals surface area contributed by atoms with Crippen molar-refractivity contribution in [3.8, 4) is 0 Å². The zero-order valence-corrected chi connectivity index (χ0v) is 18.4. The number of rotatable bonds is 3. The summed E-state index contributed by atoms with van der Waals surface area (Å²) in [6.07, 6.45) is 1.63. The lowest BCUT2D eigenvalue weighted by molar-refractivity contribution is -0.192. The highest BCUT2D eigenvalue weighted by atomic mass is 32.2. The summed E-state index contributed by atoms with van der Waals surface area (Å²) in [5.74, 6) is -2.43. The highest BCUT2D eigenvalue weighted by Gasteiger charge is 2.65. The summed E-state index contributed by atoms with van der Waals surface area (Å²) in [7, 11) is -3.44. The van der Waals surface area contributed by atoms with E-state index in [-0.39, 0.29) is 17.9 Å². The maximum atomic E-state index is 13.1. The summed E-state index contributed by atoms with van der Waals surface area (Å²) in [4.78, 5) is 27.5. The van der Waals surface area contributed by atoms with Crippen LogP contribution in [0.3, 0.4) is 0 Å². The lowest BCUT2D eigenvalue weighted by Crippen LogP contribution is -2.57. The number of ether oxygens (including phenoxy) is 1. The number of aromatic nitrogens is 1. The van der Waals surface area contributed by atoms with Crippen molar-refractivity contribution in [3.63, 3.8) is 0 Å². The first kappa shape index (κ1) is 23.9. The van der Waals surface area contributed by atoms with Crippen LogP contribution in [0.1, 0.15) is 31.2 Å². The molecule has 5 rings (SSSR count). The van der Waals surface area contributed by atoms with Gasteiger partial charge in [-0.25, -0.2) is 13.2 Å². The van der Waals surface area contributed by atoms with Crippen LogP contribution in [0.4, 0.5) is 13.2 Å². The molecule has 13 heteroatoms. The first-order valence-electron chi connectivity index (χ1n) is 10.6. The average Bonchev–Trinajstić information content (AvgIpc) is 3.06. The number of morpholine rings is 1. The zero-order chi connectivity index (χ0) is 24.0. The second-order valence-electron chi connectivity index (χ2n) is 8.85. The molecule has 0 unspecified atom stereocenters. The highest BCUT2D eigenvalue weighted by Crippen LogP contribution is 2.47. The second-order valence-corrected chi connectivity index (χ2v) is 11.0. The van der Waals surface area contributed by atoms with E-state index in [1.807, 2.05) is 17.0 Å². The first-order valence-corrected chi connectivity index (χ1v) is 12.1. The van der Waals surface area contributed by atoms with Crippen LogP contribution >= 0.6 is 0 Å². The number of pyridine rings is 1. The van der Waals surface area contributed by atoms with Crippen LogP contribution < -0.4 is 0 Å². The van der Waals surface area contributed by atoms with E-state index in [1.165, 1.54) is 4.31 Å². The van der Waals surface area contributed by atoms with Gasteiger partial charge in [0.2, 0.25) is 15.9 Å². The van der Waals surface area contributed by atoms with Crippen LogP contribution in [0.2, 0.25) is 0 Å². The van der Waals surface area contributed by atoms with Crippen LogP contribution in [0.25, 0.3) is 0 Å². The number of fused-ring (bicyclic) bond motifs is 1. The van der Waals surface area contributed by atoms with Crippen LogP contribution in [-0.4, -0.2) is 82.4 Å². The molecule has 1 spiro atoms. The number of nitrogens with zero attached hydrogens (tertiary/aromatic N) is 3. The van der Waals surface area contributed by atoms with Gasteiger partial charge in [-0.3, -0.25) is 9.78 Å².